The number of anilines is 1. The van der Waals surface area contributed by atoms with Crippen molar-refractivity contribution in [2.45, 2.75) is 39.5 Å². The number of methoxy groups -OCH3 is 1. The van der Waals surface area contributed by atoms with E-state index in [9.17, 15) is 9.59 Å². The summed E-state index contributed by atoms with van der Waals surface area (Å²) in [6.45, 7) is 4.24. The third-order valence-corrected chi connectivity index (χ3v) is 5.35. The summed E-state index contributed by atoms with van der Waals surface area (Å²) in [4.78, 5) is 29.8. The quantitative estimate of drug-likeness (QED) is 0.772. The predicted octanol–water partition coefficient (Wildman–Crippen LogP) is 3.69. The number of thiophene rings is 1. The molecule has 0 aliphatic carbocycles. The molecule has 7 heteroatoms. The van der Waals surface area contributed by atoms with Crippen molar-refractivity contribution < 1.29 is 14.3 Å². The number of nitrogens with one attached hydrogen (secondary N) is 1. The molecule has 0 aliphatic rings. The lowest BCUT2D eigenvalue weighted by atomic mass is 10.1. The van der Waals surface area contributed by atoms with Crippen molar-refractivity contribution in [2.75, 3.05) is 12.4 Å². The molecule has 2 aromatic rings. The fourth-order valence-corrected chi connectivity index (χ4v) is 4.10. The van der Waals surface area contributed by atoms with Crippen LogP contribution in [0.1, 0.15) is 46.1 Å². The molecule has 0 fully saturated rings. The van der Waals surface area contributed by atoms with Crippen LogP contribution >= 0.6 is 22.7 Å². The molecule has 23 heavy (non-hydrogen) atoms. The van der Waals surface area contributed by atoms with E-state index >= 15 is 0 Å². The summed E-state index contributed by atoms with van der Waals surface area (Å²) in [5.74, 6) is -0.491. The van der Waals surface area contributed by atoms with Gasteiger partial charge < -0.3 is 4.74 Å². The van der Waals surface area contributed by atoms with Crippen molar-refractivity contribution in [1.82, 2.24) is 4.98 Å². The number of esters is 1. The molecular weight excluding hydrogens is 332 g/mol. The Morgan fingerprint density at radius 3 is 2.78 bits per heavy atom. The minimum absolute atomic E-state index is 0.114. The van der Waals surface area contributed by atoms with Crippen molar-refractivity contribution in [1.29, 1.82) is 0 Å². The zero-order valence-corrected chi connectivity index (χ0v) is 15.1. The Kier molecular flexibility index (Phi) is 6.29. The lowest BCUT2D eigenvalue weighted by molar-refractivity contribution is -0.139. The third-order valence-electron chi connectivity index (χ3n) is 3.30. The van der Waals surface area contributed by atoms with Crippen LogP contribution in [0.4, 0.5) is 5.13 Å². The van der Waals surface area contributed by atoms with Crippen molar-refractivity contribution in [3.8, 4) is 0 Å². The Balaban J connectivity index is 2.05. The molecule has 0 aromatic carbocycles. The molecule has 1 amide bonds. The van der Waals surface area contributed by atoms with Gasteiger partial charge in [0.2, 0.25) is 0 Å². The van der Waals surface area contributed by atoms with E-state index < -0.39 is 0 Å². The largest absolute Gasteiger partial charge is 0.469 e. The van der Waals surface area contributed by atoms with E-state index in [-0.39, 0.29) is 18.3 Å². The maximum absolute atomic E-state index is 12.4. The van der Waals surface area contributed by atoms with Gasteiger partial charge in [0, 0.05) is 10.3 Å². The number of ether oxygens (including phenoxy) is 1. The topological polar surface area (TPSA) is 68.3 Å². The molecule has 2 heterocycles. The fourth-order valence-electron chi connectivity index (χ4n) is 2.14. The summed E-state index contributed by atoms with van der Waals surface area (Å²) >= 11 is 2.85. The smallest absolute Gasteiger partial charge is 0.311 e. The molecule has 5 nitrogen and oxygen atoms in total. The van der Waals surface area contributed by atoms with Crippen LogP contribution in [-0.2, 0) is 28.8 Å². The van der Waals surface area contributed by atoms with Crippen LogP contribution in [0.3, 0.4) is 0 Å². The highest BCUT2D eigenvalue weighted by Gasteiger charge is 2.15. The molecule has 0 unspecified atom stereocenters. The number of nitrogens with zero attached hydrogens (tertiary/aromatic N) is 1. The number of aromatic nitrogens is 1. The van der Waals surface area contributed by atoms with Crippen molar-refractivity contribution >= 4 is 39.7 Å². The van der Waals surface area contributed by atoms with Gasteiger partial charge in [0.1, 0.15) is 0 Å². The molecule has 1 N–H and O–H groups in total. The first-order chi connectivity index (χ1) is 11.1. The van der Waals surface area contributed by atoms with E-state index in [1.165, 1.54) is 28.9 Å². The Morgan fingerprint density at radius 1 is 1.35 bits per heavy atom. The molecule has 2 rings (SSSR count). The second-order valence-electron chi connectivity index (χ2n) is 5.01. The number of thiazole rings is 1. The second-order valence-corrected chi connectivity index (χ2v) is 7.01. The average molecular weight is 352 g/mol. The van der Waals surface area contributed by atoms with E-state index in [1.54, 1.807) is 16.7 Å². The molecular formula is C16H20N2O3S2. The highest BCUT2D eigenvalue weighted by molar-refractivity contribution is 7.15. The number of carbonyl (C=O) groups is 2. The Morgan fingerprint density at radius 2 is 2.13 bits per heavy atom. The van der Waals surface area contributed by atoms with Gasteiger partial charge in [0.15, 0.2) is 5.13 Å². The monoisotopic (exact) mass is 352 g/mol. The molecule has 124 valence electrons. The number of hydrogen-bond donors (Lipinski definition) is 1. The van der Waals surface area contributed by atoms with Gasteiger partial charge in [-0.25, -0.2) is 4.98 Å². The summed E-state index contributed by atoms with van der Waals surface area (Å²) in [7, 11) is 1.34. The summed E-state index contributed by atoms with van der Waals surface area (Å²) in [6, 6.07) is 1.97. The summed E-state index contributed by atoms with van der Waals surface area (Å²) in [5.41, 5.74) is 1.84. The number of hydrogen-bond acceptors (Lipinski definition) is 6. The van der Waals surface area contributed by atoms with Crippen molar-refractivity contribution in [2.24, 2.45) is 0 Å². The first kappa shape index (κ1) is 17.6. The van der Waals surface area contributed by atoms with E-state index in [4.69, 9.17) is 0 Å². The number of aryl methyl sites for hydroxylation is 2. The number of amides is 1. The zero-order chi connectivity index (χ0) is 16.8. The minimum atomic E-state index is -0.344. The van der Waals surface area contributed by atoms with Crippen molar-refractivity contribution in [3.63, 3.8) is 0 Å². The summed E-state index contributed by atoms with van der Waals surface area (Å²) in [6.07, 6.45) is 3.11. The lowest BCUT2D eigenvalue weighted by Gasteiger charge is -1.98. The first-order valence-corrected chi connectivity index (χ1v) is 9.21. The van der Waals surface area contributed by atoms with E-state index in [1.807, 2.05) is 6.07 Å². The van der Waals surface area contributed by atoms with Crippen LogP contribution in [-0.4, -0.2) is 24.0 Å². The SMILES string of the molecule is CCCc1sc(C(=O)Nc2nc(CC(=O)OC)cs2)cc1CC. The number of carbonyl (C=O) groups excluding carboxylic acids is 2. The van der Waals surface area contributed by atoms with Gasteiger partial charge in [0.05, 0.1) is 24.1 Å². The van der Waals surface area contributed by atoms with E-state index in [2.05, 4.69) is 28.9 Å². The van der Waals surface area contributed by atoms with Gasteiger partial charge in [-0.15, -0.1) is 22.7 Å². The fraction of sp³-hybridized carbons (Fsp3) is 0.438. The highest BCUT2D eigenvalue weighted by Crippen LogP contribution is 2.26. The molecule has 0 saturated carbocycles. The maximum atomic E-state index is 12.4. The summed E-state index contributed by atoms with van der Waals surface area (Å²) in [5, 5.41) is 5.05. The van der Waals surface area contributed by atoms with Gasteiger partial charge in [-0.3, -0.25) is 14.9 Å². The van der Waals surface area contributed by atoms with E-state index in [0.717, 1.165) is 19.3 Å². The first-order valence-electron chi connectivity index (χ1n) is 7.51. The Labute approximate surface area is 143 Å². The van der Waals surface area contributed by atoms with Crippen LogP contribution in [0.2, 0.25) is 0 Å². The van der Waals surface area contributed by atoms with Crippen LogP contribution in [0, 0.1) is 0 Å². The molecule has 2 aromatic heterocycles. The highest BCUT2D eigenvalue weighted by atomic mass is 32.1. The Bertz CT molecular complexity index is 691. The normalized spacial score (nSPS) is 10.6. The van der Waals surface area contributed by atoms with E-state index in [0.29, 0.717) is 15.7 Å². The molecule has 0 radical (unpaired) electrons. The average Bonchev–Trinajstić information content (AvgIpc) is 3.14. The van der Waals surface area contributed by atoms with Gasteiger partial charge in [0.25, 0.3) is 5.91 Å². The van der Waals surface area contributed by atoms with Gasteiger partial charge in [-0.1, -0.05) is 20.3 Å². The van der Waals surface area contributed by atoms with Crippen LogP contribution in [0.5, 0.6) is 0 Å². The minimum Gasteiger partial charge on any atom is -0.469 e. The van der Waals surface area contributed by atoms with Gasteiger partial charge in [-0.05, 0) is 24.5 Å². The van der Waals surface area contributed by atoms with Crippen LogP contribution < -0.4 is 5.32 Å². The van der Waals surface area contributed by atoms with Crippen molar-refractivity contribution in [3.05, 3.63) is 32.5 Å². The zero-order valence-electron chi connectivity index (χ0n) is 13.5. The third kappa shape index (κ3) is 4.62. The summed E-state index contributed by atoms with van der Waals surface area (Å²) < 4.78 is 4.61. The standard InChI is InChI=1S/C16H20N2O3S2/c1-4-6-12-10(5-2)7-13(23-12)15(20)18-16-17-11(9-22-16)8-14(19)21-3/h7,9H,4-6,8H2,1-3H3,(H,17,18,20). The molecule has 0 aliphatic heterocycles. The molecule has 0 spiro atoms. The second kappa shape index (κ2) is 8.21. The molecule has 0 atom stereocenters. The predicted molar refractivity (Wildman–Crippen MR) is 93.5 cm³/mol. The van der Waals surface area contributed by atoms with Crippen LogP contribution in [0.15, 0.2) is 11.4 Å². The lowest BCUT2D eigenvalue weighted by Crippen LogP contribution is -2.10. The Hall–Kier alpha value is -1.73. The van der Waals surface area contributed by atoms with Gasteiger partial charge >= 0.3 is 5.97 Å². The number of rotatable bonds is 7. The molecule has 0 saturated heterocycles. The maximum Gasteiger partial charge on any atom is 0.311 e. The molecule has 0 bridgehead atoms. The van der Waals surface area contributed by atoms with Gasteiger partial charge in [-0.2, -0.15) is 0 Å². The van der Waals surface area contributed by atoms with Crippen LogP contribution in [0.25, 0.3) is 0 Å².